The Balaban J connectivity index is 1.48. The first-order chi connectivity index (χ1) is 15.2. The van der Waals surface area contributed by atoms with Crippen molar-refractivity contribution < 1.29 is 23.4 Å². The number of benzene rings is 2. The SMILES string of the molecule is CC(C)(C)[Si](C)(C)OC[C@H]1O[C@H]2O[C@@H]2[C@@H](OCc2ccccc2)[C@@H]1OCc1ccccc1. The zero-order valence-electron chi connectivity index (χ0n) is 19.8. The number of rotatable bonds is 9. The normalized spacial score (nSPS) is 27.7. The maximum atomic E-state index is 6.52. The van der Waals surface area contributed by atoms with E-state index < -0.39 is 8.32 Å². The molecule has 0 radical (unpaired) electrons. The molecule has 2 fully saturated rings. The van der Waals surface area contributed by atoms with Gasteiger partial charge in [-0.1, -0.05) is 81.4 Å². The van der Waals surface area contributed by atoms with Crippen molar-refractivity contribution in [1.29, 1.82) is 0 Å². The molecule has 2 saturated heterocycles. The van der Waals surface area contributed by atoms with E-state index in [2.05, 4.69) is 58.1 Å². The zero-order chi connectivity index (χ0) is 22.8. The first-order valence-corrected chi connectivity index (χ1v) is 14.4. The van der Waals surface area contributed by atoms with E-state index >= 15 is 0 Å². The van der Waals surface area contributed by atoms with Gasteiger partial charge in [-0.3, -0.25) is 0 Å². The Labute approximate surface area is 193 Å². The summed E-state index contributed by atoms with van der Waals surface area (Å²) in [6.45, 7) is 12.7. The van der Waals surface area contributed by atoms with Gasteiger partial charge in [0.25, 0.3) is 0 Å². The molecule has 2 aromatic carbocycles. The fourth-order valence-corrected chi connectivity index (χ4v) is 4.68. The Morgan fingerprint density at radius 3 is 1.84 bits per heavy atom. The second-order valence-corrected chi connectivity index (χ2v) is 15.0. The van der Waals surface area contributed by atoms with E-state index in [1.54, 1.807) is 0 Å². The van der Waals surface area contributed by atoms with Gasteiger partial charge in [-0.15, -0.1) is 0 Å². The zero-order valence-corrected chi connectivity index (χ0v) is 20.8. The van der Waals surface area contributed by atoms with Crippen molar-refractivity contribution in [3.05, 3.63) is 71.8 Å². The van der Waals surface area contributed by atoms with E-state index in [-0.39, 0.29) is 35.7 Å². The van der Waals surface area contributed by atoms with Crippen LogP contribution in [0.5, 0.6) is 0 Å². The third-order valence-electron chi connectivity index (χ3n) is 6.79. The smallest absolute Gasteiger partial charge is 0.192 e. The van der Waals surface area contributed by atoms with Crippen LogP contribution in [0.1, 0.15) is 31.9 Å². The molecule has 2 aliphatic rings. The molecule has 0 bridgehead atoms. The summed E-state index contributed by atoms with van der Waals surface area (Å²) in [7, 11) is -1.92. The largest absolute Gasteiger partial charge is 0.414 e. The molecule has 5 nitrogen and oxygen atoms in total. The number of fused-ring (bicyclic) bond motifs is 1. The van der Waals surface area contributed by atoms with E-state index in [9.17, 15) is 0 Å². The molecule has 0 N–H and O–H groups in total. The van der Waals surface area contributed by atoms with Crippen LogP contribution >= 0.6 is 0 Å². The van der Waals surface area contributed by atoms with Gasteiger partial charge in [0.05, 0.1) is 19.8 Å². The Morgan fingerprint density at radius 2 is 1.31 bits per heavy atom. The molecule has 0 aromatic heterocycles. The van der Waals surface area contributed by atoms with Crippen LogP contribution in [0.2, 0.25) is 18.1 Å². The Bertz CT molecular complexity index is 852. The van der Waals surface area contributed by atoms with E-state index in [0.29, 0.717) is 19.8 Å². The monoisotopic (exact) mass is 456 g/mol. The van der Waals surface area contributed by atoms with Gasteiger partial charge in [-0.05, 0) is 29.3 Å². The highest BCUT2D eigenvalue weighted by atomic mass is 28.4. The van der Waals surface area contributed by atoms with Crippen LogP contribution in [0, 0.1) is 0 Å². The van der Waals surface area contributed by atoms with Gasteiger partial charge in [0.1, 0.15) is 24.4 Å². The summed E-state index contributed by atoms with van der Waals surface area (Å²) in [5, 5.41) is 0.129. The van der Waals surface area contributed by atoms with Crippen LogP contribution in [-0.4, -0.2) is 45.6 Å². The highest BCUT2D eigenvalue weighted by molar-refractivity contribution is 6.74. The topological polar surface area (TPSA) is 49.5 Å². The summed E-state index contributed by atoms with van der Waals surface area (Å²) in [4.78, 5) is 0. The molecule has 2 heterocycles. The molecule has 32 heavy (non-hydrogen) atoms. The van der Waals surface area contributed by atoms with Crippen molar-refractivity contribution in [2.45, 2.75) is 82.8 Å². The molecular formula is C26H36O5Si. The average molecular weight is 457 g/mol. The molecule has 0 saturated carbocycles. The predicted octanol–water partition coefficient (Wildman–Crippen LogP) is 5.30. The minimum absolute atomic E-state index is 0.0939. The summed E-state index contributed by atoms with van der Waals surface area (Å²) < 4.78 is 31.4. The minimum Gasteiger partial charge on any atom is -0.414 e. The summed E-state index contributed by atoms with van der Waals surface area (Å²) in [5.74, 6) is 0. The summed E-state index contributed by atoms with van der Waals surface area (Å²) >= 11 is 0. The molecule has 0 spiro atoms. The van der Waals surface area contributed by atoms with Gasteiger partial charge in [0, 0.05) is 0 Å². The van der Waals surface area contributed by atoms with E-state index in [0.717, 1.165) is 11.1 Å². The number of hydrogen-bond acceptors (Lipinski definition) is 5. The van der Waals surface area contributed by atoms with Crippen molar-refractivity contribution in [1.82, 2.24) is 0 Å². The molecule has 0 unspecified atom stereocenters. The van der Waals surface area contributed by atoms with Gasteiger partial charge in [-0.25, -0.2) is 0 Å². The van der Waals surface area contributed by atoms with Crippen LogP contribution in [0.15, 0.2) is 60.7 Å². The van der Waals surface area contributed by atoms with Crippen LogP contribution in [0.4, 0.5) is 0 Å². The maximum absolute atomic E-state index is 6.52. The van der Waals surface area contributed by atoms with Gasteiger partial charge < -0.3 is 23.4 Å². The third kappa shape index (κ3) is 5.68. The van der Waals surface area contributed by atoms with Gasteiger partial charge in [0.15, 0.2) is 14.6 Å². The molecule has 0 amide bonds. The van der Waals surface area contributed by atoms with Crippen molar-refractivity contribution in [2.24, 2.45) is 0 Å². The highest BCUT2D eigenvalue weighted by Crippen LogP contribution is 2.41. The number of hydrogen-bond donors (Lipinski definition) is 0. The lowest BCUT2D eigenvalue weighted by Crippen LogP contribution is -2.54. The van der Waals surface area contributed by atoms with E-state index in [4.69, 9.17) is 23.4 Å². The lowest BCUT2D eigenvalue weighted by atomic mass is 10.0. The fraction of sp³-hybridized carbons (Fsp3) is 0.538. The molecular weight excluding hydrogens is 420 g/mol. The van der Waals surface area contributed by atoms with Crippen LogP contribution in [0.3, 0.4) is 0 Å². The first kappa shape index (κ1) is 23.6. The second-order valence-electron chi connectivity index (χ2n) is 10.2. The molecule has 4 rings (SSSR count). The Hall–Kier alpha value is -1.54. The molecule has 174 valence electrons. The lowest BCUT2D eigenvalue weighted by molar-refractivity contribution is -0.185. The van der Waals surface area contributed by atoms with Crippen LogP contribution in [-0.2, 0) is 36.6 Å². The van der Waals surface area contributed by atoms with E-state index in [1.165, 1.54) is 0 Å². The molecule has 0 aliphatic carbocycles. The van der Waals surface area contributed by atoms with Crippen molar-refractivity contribution >= 4 is 8.32 Å². The molecule has 2 aromatic rings. The quantitative estimate of drug-likeness (QED) is 0.378. The number of ether oxygens (including phenoxy) is 4. The third-order valence-corrected chi connectivity index (χ3v) is 11.3. The van der Waals surface area contributed by atoms with Gasteiger partial charge in [-0.2, -0.15) is 0 Å². The van der Waals surface area contributed by atoms with Crippen LogP contribution < -0.4 is 0 Å². The van der Waals surface area contributed by atoms with E-state index in [1.807, 2.05) is 36.4 Å². The fourth-order valence-electron chi connectivity index (χ4n) is 3.67. The summed E-state index contributed by atoms with van der Waals surface area (Å²) in [6.07, 6.45) is -1.04. The highest BCUT2D eigenvalue weighted by Gasteiger charge is 2.58. The first-order valence-electron chi connectivity index (χ1n) is 11.5. The molecule has 6 heteroatoms. The minimum atomic E-state index is -1.92. The molecule has 5 atom stereocenters. The maximum Gasteiger partial charge on any atom is 0.192 e. The van der Waals surface area contributed by atoms with Gasteiger partial charge in [0.2, 0.25) is 0 Å². The second kappa shape index (κ2) is 9.75. The van der Waals surface area contributed by atoms with Crippen LogP contribution in [0.25, 0.3) is 0 Å². The Kier molecular flexibility index (Phi) is 7.20. The average Bonchev–Trinajstić information content (AvgIpc) is 3.55. The standard InChI is InChI=1S/C26H36O5Si/c1-26(2,3)32(4,5)29-18-21-22(27-16-19-12-8-6-9-13-19)23(24-25(30-21)31-24)28-17-20-14-10-7-11-15-20/h6-15,21-25H,16-18H2,1-5H3/t21-,22-,23+,24-,25+/m1/s1. The number of epoxide rings is 1. The summed E-state index contributed by atoms with van der Waals surface area (Å²) in [6, 6.07) is 20.4. The van der Waals surface area contributed by atoms with Crippen molar-refractivity contribution in [3.8, 4) is 0 Å². The lowest BCUT2D eigenvalue weighted by Gasteiger charge is -2.40. The predicted molar refractivity (Wildman–Crippen MR) is 127 cm³/mol. The van der Waals surface area contributed by atoms with Crippen molar-refractivity contribution in [2.75, 3.05) is 6.61 Å². The Morgan fingerprint density at radius 1 is 0.781 bits per heavy atom. The van der Waals surface area contributed by atoms with Crippen molar-refractivity contribution in [3.63, 3.8) is 0 Å². The summed E-state index contributed by atoms with van der Waals surface area (Å²) in [5.41, 5.74) is 2.25. The van der Waals surface area contributed by atoms with Gasteiger partial charge >= 0.3 is 0 Å². The molecule has 2 aliphatic heterocycles.